The van der Waals surface area contributed by atoms with Crippen molar-refractivity contribution < 1.29 is 14.7 Å². The number of nitrogens with one attached hydrogen (secondary N) is 2. The SMILES string of the molecule is Cc1cc(C(C)Nc2cccc(-c3ccc(C(=O)NC(C)C(=O)O)c(Cl)c3)c2)ccc1Cl. The molecule has 3 aromatic rings. The zero-order valence-electron chi connectivity index (χ0n) is 17.9. The first-order valence-electron chi connectivity index (χ1n) is 10.1. The van der Waals surface area contributed by atoms with Gasteiger partial charge in [-0.1, -0.05) is 53.5 Å². The van der Waals surface area contributed by atoms with Crippen LogP contribution in [0, 0.1) is 6.92 Å². The molecule has 0 bridgehead atoms. The first kappa shape index (κ1) is 23.6. The molecule has 0 aromatic heterocycles. The highest BCUT2D eigenvalue weighted by Crippen LogP contribution is 2.29. The van der Waals surface area contributed by atoms with E-state index in [1.165, 1.54) is 6.92 Å². The Kier molecular flexibility index (Phi) is 7.44. The molecule has 5 nitrogen and oxygen atoms in total. The lowest BCUT2D eigenvalue weighted by Crippen LogP contribution is -2.38. The Balaban J connectivity index is 1.78. The summed E-state index contributed by atoms with van der Waals surface area (Å²) in [5, 5.41) is 15.9. The second-order valence-electron chi connectivity index (χ2n) is 7.68. The number of carboxylic acid groups (broad SMARTS) is 1. The van der Waals surface area contributed by atoms with E-state index in [0.29, 0.717) is 0 Å². The molecule has 2 atom stereocenters. The van der Waals surface area contributed by atoms with Crippen LogP contribution in [0.1, 0.15) is 41.4 Å². The fourth-order valence-electron chi connectivity index (χ4n) is 3.27. The van der Waals surface area contributed by atoms with Gasteiger partial charge in [0.25, 0.3) is 5.91 Å². The van der Waals surface area contributed by atoms with E-state index in [-0.39, 0.29) is 16.6 Å². The van der Waals surface area contributed by atoms with Crippen LogP contribution in [0.3, 0.4) is 0 Å². The molecule has 0 heterocycles. The Hall–Kier alpha value is -3.02. The first-order chi connectivity index (χ1) is 15.2. The molecule has 0 radical (unpaired) electrons. The van der Waals surface area contributed by atoms with Crippen molar-refractivity contribution >= 4 is 40.8 Å². The van der Waals surface area contributed by atoms with E-state index in [0.717, 1.165) is 33.0 Å². The second kappa shape index (κ2) is 10.1. The number of rotatable bonds is 7. The summed E-state index contributed by atoms with van der Waals surface area (Å²) >= 11 is 12.5. The quantitative estimate of drug-likeness (QED) is 0.376. The van der Waals surface area contributed by atoms with Crippen molar-refractivity contribution in [1.82, 2.24) is 5.32 Å². The van der Waals surface area contributed by atoms with Gasteiger partial charge in [-0.05, 0) is 73.4 Å². The number of carbonyl (C=O) groups excluding carboxylic acids is 1. The molecule has 0 spiro atoms. The van der Waals surface area contributed by atoms with Gasteiger partial charge < -0.3 is 15.7 Å². The highest BCUT2D eigenvalue weighted by Gasteiger charge is 2.18. The normalized spacial score (nSPS) is 12.7. The summed E-state index contributed by atoms with van der Waals surface area (Å²) in [6, 6.07) is 18.0. The predicted molar refractivity (Wildman–Crippen MR) is 130 cm³/mol. The van der Waals surface area contributed by atoms with Crippen molar-refractivity contribution in [1.29, 1.82) is 0 Å². The van der Waals surface area contributed by atoms with Crippen LogP contribution in [0.25, 0.3) is 11.1 Å². The van der Waals surface area contributed by atoms with E-state index in [2.05, 4.69) is 23.6 Å². The number of aryl methyl sites for hydroxylation is 1. The predicted octanol–water partition coefficient (Wildman–Crippen LogP) is 6.34. The number of hydrogen-bond donors (Lipinski definition) is 3. The molecule has 3 aromatic carbocycles. The van der Waals surface area contributed by atoms with E-state index in [1.807, 2.05) is 43.3 Å². The average Bonchev–Trinajstić information content (AvgIpc) is 2.75. The molecule has 2 unspecified atom stereocenters. The van der Waals surface area contributed by atoms with Crippen LogP contribution in [0.4, 0.5) is 5.69 Å². The van der Waals surface area contributed by atoms with Gasteiger partial charge in [-0.25, -0.2) is 0 Å². The minimum absolute atomic E-state index is 0.0760. The molecule has 166 valence electrons. The van der Waals surface area contributed by atoms with Gasteiger partial charge in [0, 0.05) is 16.8 Å². The fraction of sp³-hybridized carbons (Fsp3) is 0.200. The van der Waals surface area contributed by atoms with Crippen molar-refractivity contribution in [3.8, 4) is 11.1 Å². The summed E-state index contributed by atoms with van der Waals surface area (Å²) in [5.74, 6) is -1.64. The topological polar surface area (TPSA) is 78.4 Å². The Morgan fingerprint density at radius 3 is 2.28 bits per heavy atom. The molecule has 3 N–H and O–H groups in total. The monoisotopic (exact) mass is 470 g/mol. The summed E-state index contributed by atoms with van der Waals surface area (Å²) in [6.45, 7) is 5.46. The van der Waals surface area contributed by atoms with Gasteiger partial charge in [-0.3, -0.25) is 9.59 Å². The Morgan fingerprint density at radius 1 is 0.906 bits per heavy atom. The molecular weight excluding hydrogens is 447 g/mol. The smallest absolute Gasteiger partial charge is 0.325 e. The molecule has 1 amide bonds. The minimum atomic E-state index is -1.11. The van der Waals surface area contributed by atoms with Gasteiger partial charge in [0.15, 0.2) is 0 Å². The number of amides is 1. The van der Waals surface area contributed by atoms with Gasteiger partial charge in [-0.2, -0.15) is 0 Å². The van der Waals surface area contributed by atoms with Gasteiger partial charge in [-0.15, -0.1) is 0 Å². The molecule has 0 saturated heterocycles. The van der Waals surface area contributed by atoms with Crippen molar-refractivity contribution in [3.05, 3.63) is 87.4 Å². The molecule has 32 heavy (non-hydrogen) atoms. The summed E-state index contributed by atoms with van der Waals surface area (Å²) in [6.07, 6.45) is 0. The zero-order chi connectivity index (χ0) is 23.4. The van der Waals surface area contributed by atoms with Crippen LogP contribution in [0.2, 0.25) is 10.0 Å². The van der Waals surface area contributed by atoms with Crippen molar-refractivity contribution in [2.24, 2.45) is 0 Å². The van der Waals surface area contributed by atoms with Gasteiger partial charge in [0.2, 0.25) is 0 Å². The Labute approximate surface area is 197 Å². The number of anilines is 1. The van der Waals surface area contributed by atoms with Gasteiger partial charge in [0.05, 0.1) is 10.6 Å². The van der Waals surface area contributed by atoms with E-state index < -0.39 is 17.9 Å². The van der Waals surface area contributed by atoms with E-state index in [1.54, 1.807) is 18.2 Å². The highest BCUT2D eigenvalue weighted by molar-refractivity contribution is 6.34. The average molecular weight is 471 g/mol. The van der Waals surface area contributed by atoms with Crippen LogP contribution >= 0.6 is 23.2 Å². The van der Waals surface area contributed by atoms with Crippen molar-refractivity contribution in [2.45, 2.75) is 32.9 Å². The zero-order valence-corrected chi connectivity index (χ0v) is 19.5. The van der Waals surface area contributed by atoms with E-state index >= 15 is 0 Å². The Bertz CT molecular complexity index is 1160. The minimum Gasteiger partial charge on any atom is -0.480 e. The Morgan fingerprint density at radius 2 is 1.62 bits per heavy atom. The van der Waals surface area contributed by atoms with E-state index in [4.69, 9.17) is 28.3 Å². The first-order valence-corrected chi connectivity index (χ1v) is 10.9. The van der Waals surface area contributed by atoms with Crippen LogP contribution in [-0.2, 0) is 4.79 Å². The molecule has 0 aliphatic heterocycles. The molecular formula is C25H24Cl2N2O3. The van der Waals surface area contributed by atoms with Gasteiger partial charge >= 0.3 is 5.97 Å². The number of aliphatic carboxylic acids is 1. The van der Waals surface area contributed by atoms with Crippen LogP contribution in [-0.4, -0.2) is 23.0 Å². The molecule has 3 rings (SSSR count). The number of benzene rings is 3. The fourth-order valence-corrected chi connectivity index (χ4v) is 3.66. The van der Waals surface area contributed by atoms with E-state index in [9.17, 15) is 9.59 Å². The third-order valence-electron chi connectivity index (χ3n) is 5.19. The van der Waals surface area contributed by atoms with Gasteiger partial charge in [0.1, 0.15) is 6.04 Å². The maximum Gasteiger partial charge on any atom is 0.325 e. The summed E-state index contributed by atoms with van der Waals surface area (Å²) in [4.78, 5) is 23.3. The summed E-state index contributed by atoms with van der Waals surface area (Å²) < 4.78 is 0. The number of carbonyl (C=O) groups is 2. The lowest BCUT2D eigenvalue weighted by molar-refractivity contribution is -0.138. The number of halogens is 2. The summed E-state index contributed by atoms with van der Waals surface area (Å²) in [7, 11) is 0. The number of hydrogen-bond acceptors (Lipinski definition) is 3. The lowest BCUT2D eigenvalue weighted by atomic mass is 10.0. The summed E-state index contributed by atoms with van der Waals surface area (Å²) in [5.41, 5.74) is 5.11. The maximum absolute atomic E-state index is 12.3. The largest absolute Gasteiger partial charge is 0.480 e. The van der Waals surface area contributed by atoms with Crippen molar-refractivity contribution in [2.75, 3.05) is 5.32 Å². The van der Waals surface area contributed by atoms with Crippen LogP contribution in [0.15, 0.2) is 60.7 Å². The van der Waals surface area contributed by atoms with Crippen LogP contribution < -0.4 is 10.6 Å². The molecule has 7 heteroatoms. The standard InChI is InChI=1S/C25H24Cl2N2O3/c1-14-11-17(8-10-22(14)26)15(2)28-20-6-4-5-18(12-20)19-7-9-21(23(27)13-19)24(30)29-16(3)25(31)32/h4-13,15-16,28H,1-3H3,(H,29,30)(H,31,32). The molecule has 0 aliphatic carbocycles. The molecule has 0 fully saturated rings. The second-order valence-corrected chi connectivity index (χ2v) is 8.50. The van der Waals surface area contributed by atoms with Crippen LogP contribution in [0.5, 0.6) is 0 Å². The van der Waals surface area contributed by atoms with Crippen molar-refractivity contribution in [3.63, 3.8) is 0 Å². The third-order valence-corrected chi connectivity index (χ3v) is 5.93. The number of carboxylic acids is 1. The highest BCUT2D eigenvalue weighted by atomic mass is 35.5. The third kappa shape index (κ3) is 5.61. The maximum atomic E-state index is 12.3. The lowest BCUT2D eigenvalue weighted by Gasteiger charge is -2.17. The molecule has 0 saturated carbocycles. The molecule has 0 aliphatic rings.